The van der Waals surface area contributed by atoms with Crippen LogP contribution in [-0.2, 0) is 10.0 Å². The van der Waals surface area contributed by atoms with E-state index in [1.54, 1.807) is 6.92 Å². The van der Waals surface area contributed by atoms with Crippen molar-refractivity contribution < 1.29 is 17.7 Å². The van der Waals surface area contributed by atoms with Gasteiger partial charge in [-0.1, -0.05) is 6.07 Å². The van der Waals surface area contributed by atoms with Crippen molar-refractivity contribution in [3.8, 4) is 0 Å². The molecule has 0 aliphatic rings. The van der Waals surface area contributed by atoms with Gasteiger partial charge in [0.15, 0.2) is 0 Å². The topological polar surface area (TPSA) is 80.5 Å². The van der Waals surface area contributed by atoms with Crippen LogP contribution in [-0.4, -0.2) is 19.9 Å². The van der Waals surface area contributed by atoms with E-state index < -0.39 is 20.8 Å². The van der Waals surface area contributed by atoms with Crippen molar-refractivity contribution >= 4 is 21.4 Å². The third kappa shape index (κ3) is 3.31. The molecule has 2 aromatic carbocycles. The number of nitro benzene ring substituents is 1. The van der Waals surface area contributed by atoms with E-state index in [1.807, 2.05) is 0 Å². The molecular formula is C15H15FN2O4S. The van der Waals surface area contributed by atoms with Crippen molar-refractivity contribution in [1.29, 1.82) is 0 Å². The second kappa shape index (κ2) is 6.33. The summed E-state index contributed by atoms with van der Waals surface area (Å²) in [6.45, 7) is 3.27. The molecule has 0 atom stereocenters. The van der Waals surface area contributed by atoms with Gasteiger partial charge in [-0.05, 0) is 44.2 Å². The Morgan fingerprint density at radius 2 is 1.78 bits per heavy atom. The Hall–Kier alpha value is -2.48. The fourth-order valence-electron chi connectivity index (χ4n) is 2.17. The molecule has 6 nitrogen and oxygen atoms in total. The smallest absolute Gasteiger partial charge is 0.267 e. The molecule has 0 spiro atoms. The van der Waals surface area contributed by atoms with E-state index in [0.29, 0.717) is 5.56 Å². The minimum atomic E-state index is -3.98. The Balaban J connectivity index is 2.53. The SMILES string of the molecule is CCN(c1ccc(F)cc1)S(=O)(=O)c1ccc(C)c([N+](=O)[O-])c1. The number of hydrogen-bond acceptors (Lipinski definition) is 4. The zero-order valence-corrected chi connectivity index (χ0v) is 13.4. The monoisotopic (exact) mass is 338 g/mol. The summed E-state index contributed by atoms with van der Waals surface area (Å²) in [5.74, 6) is -0.479. The van der Waals surface area contributed by atoms with E-state index in [2.05, 4.69) is 0 Å². The van der Waals surface area contributed by atoms with Gasteiger partial charge >= 0.3 is 0 Å². The van der Waals surface area contributed by atoms with Crippen molar-refractivity contribution in [2.45, 2.75) is 18.7 Å². The molecule has 0 fully saturated rings. The van der Waals surface area contributed by atoms with Crippen LogP contribution in [0.5, 0.6) is 0 Å². The second-order valence-electron chi connectivity index (χ2n) is 4.85. The molecule has 0 unspecified atom stereocenters. The van der Waals surface area contributed by atoms with E-state index in [9.17, 15) is 22.9 Å². The molecule has 0 aliphatic carbocycles. The van der Waals surface area contributed by atoms with Crippen LogP contribution in [0.1, 0.15) is 12.5 Å². The van der Waals surface area contributed by atoms with Crippen molar-refractivity contribution in [2.75, 3.05) is 10.8 Å². The predicted molar refractivity (Wildman–Crippen MR) is 84.4 cm³/mol. The molecule has 0 aromatic heterocycles. The molecular weight excluding hydrogens is 323 g/mol. The normalized spacial score (nSPS) is 11.3. The zero-order chi connectivity index (χ0) is 17.2. The van der Waals surface area contributed by atoms with Crippen LogP contribution in [0.2, 0.25) is 0 Å². The third-order valence-corrected chi connectivity index (χ3v) is 5.27. The first-order chi connectivity index (χ1) is 10.8. The Morgan fingerprint density at radius 3 is 2.30 bits per heavy atom. The Bertz CT molecular complexity index is 835. The minimum Gasteiger partial charge on any atom is -0.267 e. The average Bonchev–Trinajstić information content (AvgIpc) is 2.49. The Labute approximate surface area is 133 Å². The van der Waals surface area contributed by atoms with Gasteiger partial charge in [0, 0.05) is 18.2 Å². The summed E-state index contributed by atoms with van der Waals surface area (Å²) < 4.78 is 39.6. The molecule has 0 aliphatic heterocycles. The number of sulfonamides is 1. The first-order valence-electron chi connectivity index (χ1n) is 6.80. The van der Waals surface area contributed by atoms with Crippen molar-refractivity contribution in [3.63, 3.8) is 0 Å². The molecule has 0 saturated heterocycles. The number of nitro groups is 1. The lowest BCUT2D eigenvalue weighted by molar-refractivity contribution is -0.385. The van der Waals surface area contributed by atoms with Crippen LogP contribution in [0, 0.1) is 22.9 Å². The van der Waals surface area contributed by atoms with Gasteiger partial charge in [0.25, 0.3) is 15.7 Å². The van der Waals surface area contributed by atoms with Crippen molar-refractivity contribution in [1.82, 2.24) is 0 Å². The van der Waals surface area contributed by atoms with Gasteiger partial charge in [-0.25, -0.2) is 12.8 Å². The van der Waals surface area contributed by atoms with Crippen LogP contribution in [0.3, 0.4) is 0 Å². The highest BCUT2D eigenvalue weighted by molar-refractivity contribution is 7.92. The molecule has 2 rings (SSSR count). The summed E-state index contributed by atoms with van der Waals surface area (Å²) >= 11 is 0. The molecule has 122 valence electrons. The van der Waals surface area contributed by atoms with Crippen LogP contribution in [0.4, 0.5) is 15.8 Å². The third-order valence-electron chi connectivity index (χ3n) is 3.37. The molecule has 0 heterocycles. The minimum absolute atomic E-state index is 0.107. The molecule has 0 radical (unpaired) electrons. The summed E-state index contributed by atoms with van der Waals surface area (Å²) in [4.78, 5) is 10.2. The van der Waals surface area contributed by atoms with Crippen LogP contribution in [0.25, 0.3) is 0 Å². The lowest BCUT2D eigenvalue weighted by Crippen LogP contribution is -2.30. The van der Waals surface area contributed by atoms with E-state index in [-0.39, 0.29) is 22.8 Å². The molecule has 8 heteroatoms. The van der Waals surface area contributed by atoms with Gasteiger partial charge in [-0.2, -0.15) is 0 Å². The number of benzene rings is 2. The maximum absolute atomic E-state index is 13.0. The molecule has 0 saturated carbocycles. The number of halogens is 1. The quantitative estimate of drug-likeness (QED) is 0.619. The van der Waals surface area contributed by atoms with E-state index in [4.69, 9.17) is 0 Å². The summed E-state index contributed by atoms with van der Waals surface area (Å²) in [5.41, 5.74) is 0.400. The summed E-state index contributed by atoms with van der Waals surface area (Å²) in [6.07, 6.45) is 0. The second-order valence-corrected chi connectivity index (χ2v) is 6.71. The van der Waals surface area contributed by atoms with Gasteiger partial charge in [-0.3, -0.25) is 14.4 Å². The van der Waals surface area contributed by atoms with Gasteiger partial charge in [0.2, 0.25) is 0 Å². The van der Waals surface area contributed by atoms with Gasteiger partial charge in [0.1, 0.15) is 5.82 Å². The van der Waals surface area contributed by atoms with Crippen molar-refractivity contribution in [2.24, 2.45) is 0 Å². The van der Waals surface area contributed by atoms with Gasteiger partial charge in [0.05, 0.1) is 15.5 Å². The number of rotatable bonds is 5. The van der Waals surface area contributed by atoms with Crippen molar-refractivity contribution in [3.05, 3.63) is 64.0 Å². The number of aryl methyl sites for hydroxylation is 1. The Kier molecular flexibility index (Phi) is 4.65. The Morgan fingerprint density at radius 1 is 1.17 bits per heavy atom. The molecule has 23 heavy (non-hydrogen) atoms. The van der Waals surface area contributed by atoms with E-state index >= 15 is 0 Å². The molecule has 2 aromatic rings. The number of anilines is 1. The highest BCUT2D eigenvalue weighted by atomic mass is 32.2. The number of nitrogens with zero attached hydrogens (tertiary/aromatic N) is 2. The van der Waals surface area contributed by atoms with E-state index in [0.717, 1.165) is 22.5 Å². The van der Waals surface area contributed by atoms with Gasteiger partial charge < -0.3 is 0 Å². The standard InChI is InChI=1S/C15H15FN2O4S/c1-3-17(13-7-5-12(16)6-8-13)23(21,22)14-9-4-11(2)15(10-14)18(19)20/h4-10H,3H2,1-2H3. The zero-order valence-electron chi connectivity index (χ0n) is 12.6. The maximum atomic E-state index is 13.0. The van der Waals surface area contributed by atoms with Crippen LogP contribution >= 0.6 is 0 Å². The average molecular weight is 338 g/mol. The maximum Gasteiger partial charge on any atom is 0.273 e. The molecule has 0 N–H and O–H groups in total. The fourth-order valence-corrected chi connectivity index (χ4v) is 3.67. The fraction of sp³-hybridized carbons (Fsp3) is 0.200. The largest absolute Gasteiger partial charge is 0.273 e. The summed E-state index contributed by atoms with van der Waals surface area (Å²) in [6, 6.07) is 8.76. The predicted octanol–water partition coefficient (Wildman–Crippen LogP) is 3.26. The summed E-state index contributed by atoms with van der Waals surface area (Å²) in [7, 11) is -3.98. The highest BCUT2D eigenvalue weighted by Gasteiger charge is 2.26. The lowest BCUT2D eigenvalue weighted by Gasteiger charge is -2.23. The first-order valence-corrected chi connectivity index (χ1v) is 8.24. The summed E-state index contributed by atoms with van der Waals surface area (Å²) in [5, 5.41) is 11.0. The lowest BCUT2D eigenvalue weighted by atomic mass is 10.2. The first kappa shape index (κ1) is 16.9. The molecule has 0 amide bonds. The van der Waals surface area contributed by atoms with E-state index in [1.165, 1.54) is 31.2 Å². The van der Waals surface area contributed by atoms with Crippen LogP contribution in [0.15, 0.2) is 47.4 Å². The number of hydrogen-bond donors (Lipinski definition) is 0. The van der Waals surface area contributed by atoms with Crippen LogP contribution < -0.4 is 4.31 Å². The van der Waals surface area contributed by atoms with Gasteiger partial charge in [-0.15, -0.1) is 0 Å². The molecule has 0 bridgehead atoms. The highest BCUT2D eigenvalue weighted by Crippen LogP contribution is 2.27.